The molecule has 8 nitrogen and oxygen atoms in total. The molecule has 0 unspecified atom stereocenters. The third-order valence-electron chi connectivity index (χ3n) is 8.29. The van der Waals surface area contributed by atoms with Crippen molar-refractivity contribution in [2.75, 3.05) is 44.7 Å². The largest absolute Gasteiger partial charge is 0.365 e. The number of fused-ring (bicyclic) bond motifs is 2. The minimum Gasteiger partial charge on any atom is -0.365 e. The van der Waals surface area contributed by atoms with Crippen LogP contribution in [0.5, 0.6) is 0 Å². The average molecular weight is 495 g/mol. The van der Waals surface area contributed by atoms with Gasteiger partial charge in [-0.1, -0.05) is 0 Å². The summed E-state index contributed by atoms with van der Waals surface area (Å²) in [7, 11) is 1.49. The van der Waals surface area contributed by atoms with Crippen molar-refractivity contribution in [3.8, 4) is 0 Å². The molecule has 1 aromatic carbocycles. The molecule has 10 heteroatoms. The molecular formula is C26H28F2N6O2. The topological polar surface area (TPSA) is 94.2 Å². The van der Waals surface area contributed by atoms with E-state index in [-0.39, 0.29) is 22.1 Å². The molecule has 4 fully saturated rings. The van der Waals surface area contributed by atoms with E-state index in [2.05, 4.69) is 20.2 Å². The summed E-state index contributed by atoms with van der Waals surface area (Å²) in [4.78, 5) is 40.2. The molecule has 1 aliphatic heterocycles. The highest BCUT2D eigenvalue weighted by atomic mass is 19.1. The van der Waals surface area contributed by atoms with Crippen molar-refractivity contribution in [3.63, 3.8) is 0 Å². The Morgan fingerprint density at radius 2 is 1.89 bits per heavy atom. The predicted molar refractivity (Wildman–Crippen MR) is 131 cm³/mol. The Morgan fingerprint density at radius 3 is 2.61 bits per heavy atom. The Balaban J connectivity index is 1.09. The van der Waals surface area contributed by atoms with Gasteiger partial charge in [-0.2, -0.15) is 4.39 Å². The van der Waals surface area contributed by atoms with Crippen LogP contribution in [0.2, 0.25) is 0 Å². The van der Waals surface area contributed by atoms with Gasteiger partial charge >= 0.3 is 0 Å². The number of piperazine rings is 1. The lowest BCUT2D eigenvalue weighted by atomic mass is 9.68. The average Bonchev–Trinajstić information content (AvgIpc) is 3.40. The van der Waals surface area contributed by atoms with E-state index in [1.165, 1.54) is 19.2 Å². The first-order valence-corrected chi connectivity index (χ1v) is 12.4. The Kier molecular flexibility index (Phi) is 5.51. The van der Waals surface area contributed by atoms with Crippen LogP contribution >= 0.6 is 0 Å². The molecule has 4 aliphatic rings. The van der Waals surface area contributed by atoms with E-state index >= 15 is 0 Å². The lowest BCUT2D eigenvalue weighted by molar-refractivity contribution is 0.0957. The molecule has 3 aliphatic carbocycles. The maximum Gasteiger partial charge on any atom is 0.269 e. The lowest BCUT2D eigenvalue weighted by Crippen LogP contribution is -2.48. The zero-order valence-electron chi connectivity index (χ0n) is 20.1. The first kappa shape index (κ1) is 23.0. The van der Waals surface area contributed by atoms with Gasteiger partial charge in [0.05, 0.1) is 16.6 Å². The second-order valence-electron chi connectivity index (χ2n) is 10.4. The highest BCUT2D eigenvalue weighted by molar-refractivity contribution is 5.92. The number of H-pyrrole nitrogens is 1. The number of halogens is 2. The monoisotopic (exact) mass is 494 g/mol. The maximum atomic E-state index is 14.6. The van der Waals surface area contributed by atoms with E-state index in [4.69, 9.17) is 4.98 Å². The van der Waals surface area contributed by atoms with Gasteiger partial charge < -0.3 is 15.2 Å². The molecule has 3 heterocycles. The van der Waals surface area contributed by atoms with Crippen LogP contribution in [0.1, 0.15) is 35.6 Å². The van der Waals surface area contributed by atoms with Crippen molar-refractivity contribution in [1.29, 1.82) is 0 Å². The Bertz CT molecular complexity index is 1390. The number of anilines is 1. The summed E-state index contributed by atoms with van der Waals surface area (Å²) in [5.74, 6) is 0.397. The second-order valence-corrected chi connectivity index (χ2v) is 10.4. The van der Waals surface area contributed by atoms with Crippen molar-refractivity contribution >= 4 is 22.5 Å². The standard InChI is InChI=1S/C26H28F2N6O2/c1-29-24(36)20-4-5-21(22(28)30-20)34-8-6-33(7-9-34)14-16-13-26(11-15(16)12-26)25-31-19-3-2-17(27)10-18(19)23(35)32-25/h2-5,10,15-16H,6-9,11-14H2,1H3,(H,29,36)(H,31,32,35)/t15?,16-,26?/m1/s1. The van der Waals surface area contributed by atoms with Gasteiger partial charge in [-0.15, -0.1) is 0 Å². The summed E-state index contributed by atoms with van der Waals surface area (Å²) in [6.45, 7) is 4.00. The number of benzene rings is 1. The van der Waals surface area contributed by atoms with E-state index in [0.29, 0.717) is 36.1 Å². The van der Waals surface area contributed by atoms with Gasteiger partial charge in [0.2, 0.25) is 5.95 Å². The van der Waals surface area contributed by atoms with E-state index in [1.54, 1.807) is 18.2 Å². The third kappa shape index (κ3) is 3.84. The number of hydrogen-bond acceptors (Lipinski definition) is 6. The molecule has 3 aromatic rings. The molecule has 2 aromatic heterocycles. The van der Waals surface area contributed by atoms with Gasteiger partial charge in [0.25, 0.3) is 11.5 Å². The summed E-state index contributed by atoms with van der Waals surface area (Å²) in [5.41, 5.74) is 0.659. The molecule has 3 saturated carbocycles. The minimum absolute atomic E-state index is 0.0703. The Hall–Kier alpha value is -3.40. The molecule has 7 rings (SSSR count). The van der Waals surface area contributed by atoms with Crippen LogP contribution in [-0.4, -0.2) is 65.5 Å². The van der Waals surface area contributed by atoms with Gasteiger partial charge in [-0.05, 0) is 61.4 Å². The van der Waals surface area contributed by atoms with Gasteiger partial charge in [0.15, 0.2) is 0 Å². The third-order valence-corrected chi connectivity index (χ3v) is 8.29. The molecule has 0 spiro atoms. The Morgan fingerprint density at radius 1 is 1.11 bits per heavy atom. The van der Waals surface area contributed by atoms with E-state index in [9.17, 15) is 18.4 Å². The van der Waals surface area contributed by atoms with Crippen molar-refractivity contribution in [2.24, 2.45) is 11.8 Å². The molecule has 2 N–H and O–H groups in total. The fraction of sp³-hybridized carbons (Fsp3) is 0.462. The van der Waals surface area contributed by atoms with Crippen LogP contribution < -0.4 is 15.8 Å². The first-order chi connectivity index (χ1) is 17.3. The lowest BCUT2D eigenvalue weighted by Gasteiger charge is -2.39. The number of carbonyl (C=O) groups excluding carboxylic acids is 1. The molecule has 188 valence electrons. The number of aromatic nitrogens is 3. The number of nitrogens with zero attached hydrogens (tertiary/aromatic N) is 4. The number of carbonyl (C=O) groups is 1. The quantitative estimate of drug-likeness (QED) is 0.530. The number of amides is 1. The number of rotatable bonds is 5. The summed E-state index contributed by atoms with van der Waals surface area (Å²) in [6, 6.07) is 7.34. The van der Waals surface area contributed by atoms with Crippen molar-refractivity contribution < 1.29 is 13.6 Å². The van der Waals surface area contributed by atoms with Crippen molar-refractivity contribution in [1.82, 2.24) is 25.2 Å². The molecule has 1 saturated heterocycles. The van der Waals surface area contributed by atoms with Crippen molar-refractivity contribution in [2.45, 2.75) is 24.7 Å². The normalized spacial score (nSPS) is 25.7. The summed E-state index contributed by atoms with van der Waals surface area (Å²) < 4.78 is 28.1. The molecule has 0 radical (unpaired) electrons. The molecular weight excluding hydrogens is 466 g/mol. The SMILES string of the molecule is CNC(=O)c1ccc(N2CCN(C[C@H]3CC4(c5nc6ccc(F)cc6c(=O)[nH]5)CC3C4)CC2)c(F)n1. The van der Waals surface area contributed by atoms with Gasteiger partial charge in [-0.25, -0.2) is 14.4 Å². The zero-order valence-corrected chi connectivity index (χ0v) is 20.1. The van der Waals surface area contributed by atoms with Crippen LogP contribution in [0, 0.1) is 23.6 Å². The fourth-order valence-corrected chi connectivity index (χ4v) is 6.40. The Labute approximate surface area is 206 Å². The van der Waals surface area contributed by atoms with Crippen LogP contribution in [0.25, 0.3) is 10.9 Å². The molecule has 1 amide bonds. The molecule has 2 bridgehead atoms. The highest BCUT2D eigenvalue weighted by Crippen LogP contribution is 2.61. The maximum absolute atomic E-state index is 14.6. The van der Waals surface area contributed by atoms with Crippen molar-refractivity contribution in [3.05, 3.63) is 64.0 Å². The number of pyridine rings is 1. The van der Waals surface area contributed by atoms with Gasteiger partial charge in [0, 0.05) is 45.2 Å². The number of aromatic amines is 1. The fourth-order valence-electron chi connectivity index (χ4n) is 6.40. The summed E-state index contributed by atoms with van der Waals surface area (Å²) >= 11 is 0. The first-order valence-electron chi connectivity index (χ1n) is 12.4. The number of nitrogens with one attached hydrogen (secondary N) is 2. The molecule has 36 heavy (non-hydrogen) atoms. The van der Waals surface area contributed by atoms with Crippen LogP contribution in [0.4, 0.5) is 14.5 Å². The second kappa shape index (κ2) is 8.62. The van der Waals surface area contributed by atoms with E-state index in [0.717, 1.165) is 44.7 Å². The highest BCUT2D eigenvalue weighted by Gasteiger charge is 2.58. The van der Waals surface area contributed by atoms with Crippen LogP contribution in [-0.2, 0) is 5.41 Å². The smallest absolute Gasteiger partial charge is 0.269 e. The van der Waals surface area contributed by atoms with Gasteiger partial charge in [0.1, 0.15) is 17.3 Å². The van der Waals surface area contributed by atoms with Crippen LogP contribution in [0.15, 0.2) is 35.1 Å². The summed E-state index contributed by atoms with van der Waals surface area (Å²) in [6.07, 6.45) is 3.01. The minimum atomic E-state index is -0.622. The van der Waals surface area contributed by atoms with E-state index < -0.39 is 17.7 Å². The predicted octanol–water partition coefficient (Wildman–Crippen LogP) is 2.45. The summed E-state index contributed by atoms with van der Waals surface area (Å²) in [5, 5.41) is 2.74. The van der Waals surface area contributed by atoms with Gasteiger partial charge in [-0.3, -0.25) is 14.5 Å². The zero-order chi connectivity index (χ0) is 25.0. The van der Waals surface area contributed by atoms with E-state index in [1.807, 2.05) is 4.90 Å². The molecule has 1 atom stereocenters. The van der Waals surface area contributed by atoms with Crippen LogP contribution in [0.3, 0.4) is 0 Å². The number of hydrogen-bond donors (Lipinski definition) is 2.